The predicted octanol–water partition coefficient (Wildman–Crippen LogP) is 5.25. The minimum absolute atomic E-state index is 0.184. The number of anilines is 1. The van der Waals surface area contributed by atoms with Crippen molar-refractivity contribution in [2.45, 2.75) is 6.92 Å². The number of aromatic nitrogens is 2. The maximum atomic E-state index is 13.5. The van der Waals surface area contributed by atoms with Crippen molar-refractivity contribution in [3.05, 3.63) is 115 Å². The summed E-state index contributed by atoms with van der Waals surface area (Å²) in [6, 6.07) is 22.7. The van der Waals surface area contributed by atoms with Crippen molar-refractivity contribution < 1.29 is 14.0 Å². The SMILES string of the molecule is C=CCN(CC(=O)Nc1nc(-c2ccccc2)cn1-c1ccc(F)cc1)C(=O)c1ccccc1C. The Hall–Kier alpha value is -4.52. The molecule has 0 fully saturated rings. The van der Waals surface area contributed by atoms with Crippen molar-refractivity contribution in [3.63, 3.8) is 0 Å². The highest BCUT2D eigenvalue weighted by Gasteiger charge is 2.21. The van der Waals surface area contributed by atoms with E-state index in [1.54, 1.807) is 41.1 Å². The summed E-state index contributed by atoms with van der Waals surface area (Å²) in [7, 11) is 0. The second-order valence-electron chi connectivity index (χ2n) is 8.00. The molecule has 6 nitrogen and oxygen atoms in total. The summed E-state index contributed by atoms with van der Waals surface area (Å²) in [6.07, 6.45) is 3.36. The molecule has 1 N–H and O–H groups in total. The van der Waals surface area contributed by atoms with E-state index < -0.39 is 5.91 Å². The Bertz CT molecular complexity index is 1350. The quantitative estimate of drug-likeness (QED) is 0.359. The molecule has 2 amide bonds. The number of nitrogens with zero attached hydrogens (tertiary/aromatic N) is 3. The molecule has 0 aliphatic heterocycles. The second kappa shape index (κ2) is 10.6. The number of hydrogen-bond donors (Lipinski definition) is 1. The lowest BCUT2D eigenvalue weighted by molar-refractivity contribution is -0.116. The zero-order chi connectivity index (χ0) is 24.8. The number of nitrogens with one attached hydrogen (secondary N) is 1. The Kier molecular flexibility index (Phi) is 7.16. The monoisotopic (exact) mass is 468 g/mol. The normalized spacial score (nSPS) is 10.6. The molecule has 0 bridgehead atoms. The van der Waals surface area contributed by atoms with Gasteiger partial charge < -0.3 is 4.90 Å². The van der Waals surface area contributed by atoms with E-state index in [0.717, 1.165) is 11.1 Å². The molecule has 1 heterocycles. The molecule has 0 radical (unpaired) electrons. The fourth-order valence-corrected chi connectivity index (χ4v) is 3.71. The third kappa shape index (κ3) is 5.52. The van der Waals surface area contributed by atoms with Gasteiger partial charge in [0.25, 0.3) is 5.91 Å². The largest absolute Gasteiger partial charge is 0.326 e. The first-order chi connectivity index (χ1) is 17.0. The highest BCUT2D eigenvalue weighted by molar-refractivity contribution is 6.00. The summed E-state index contributed by atoms with van der Waals surface area (Å²) < 4.78 is 15.2. The standard InChI is InChI=1S/C28H25FN4O2/c1-3-17-32(27(35)24-12-8-7-9-20(24)2)19-26(34)31-28-30-25(21-10-5-4-6-11-21)18-33(28)23-15-13-22(29)14-16-23/h3-16,18H,1,17,19H2,2H3,(H,30,31,34). The summed E-state index contributed by atoms with van der Waals surface area (Å²) >= 11 is 0. The van der Waals surface area contributed by atoms with Crippen LogP contribution in [0.25, 0.3) is 16.9 Å². The molecule has 1 aromatic heterocycles. The van der Waals surface area contributed by atoms with Gasteiger partial charge in [0.2, 0.25) is 11.9 Å². The third-order valence-corrected chi connectivity index (χ3v) is 5.48. The maximum Gasteiger partial charge on any atom is 0.254 e. The van der Waals surface area contributed by atoms with Crippen LogP contribution >= 0.6 is 0 Å². The number of aryl methyl sites for hydroxylation is 1. The lowest BCUT2D eigenvalue weighted by atomic mass is 10.1. The van der Waals surface area contributed by atoms with Crippen molar-refractivity contribution in [2.24, 2.45) is 0 Å². The first-order valence-corrected chi connectivity index (χ1v) is 11.1. The molecule has 0 saturated carbocycles. The summed E-state index contributed by atoms with van der Waals surface area (Å²) in [4.78, 5) is 32.2. The van der Waals surface area contributed by atoms with Crippen LogP contribution in [0.1, 0.15) is 15.9 Å². The van der Waals surface area contributed by atoms with Gasteiger partial charge in [-0.2, -0.15) is 0 Å². The molecule has 176 valence electrons. The Morgan fingerprint density at radius 2 is 1.71 bits per heavy atom. The number of amides is 2. The molecule has 0 unspecified atom stereocenters. The summed E-state index contributed by atoms with van der Waals surface area (Å²) in [6.45, 7) is 5.59. The van der Waals surface area contributed by atoms with Crippen LogP contribution < -0.4 is 5.32 Å². The van der Waals surface area contributed by atoms with E-state index in [2.05, 4.69) is 16.9 Å². The van der Waals surface area contributed by atoms with Crippen LogP contribution in [0.2, 0.25) is 0 Å². The minimum atomic E-state index is -0.414. The van der Waals surface area contributed by atoms with Gasteiger partial charge in [-0.15, -0.1) is 6.58 Å². The third-order valence-electron chi connectivity index (χ3n) is 5.48. The molecule has 0 spiro atoms. The maximum absolute atomic E-state index is 13.5. The summed E-state index contributed by atoms with van der Waals surface area (Å²) in [5, 5.41) is 2.81. The predicted molar refractivity (Wildman–Crippen MR) is 135 cm³/mol. The van der Waals surface area contributed by atoms with Crippen molar-refractivity contribution >= 4 is 17.8 Å². The Labute approximate surface area is 203 Å². The molecular formula is C28H25FN4O2. The molecule has 0 aliphatic carbocycles. The van der Waals surface area contributed by atoms with Crippen LogP contribution in [0.15, 0.2) is 97.7 Å². The first kappa shape index (κ1) is 23.6. The minimum Gasteiger partial charge on any atom is -0.326 e. The van der Waals surface area contributed by atoms with Crippen LogP contribution in [0.3, 0.4) is 0 Å². The molecular weight excluding hydrogens is 443 g/mol. The number of carbonyl (C=O) groups is 2. The van der Waals surface area contributed by atoms with Crippen LogP contribution in [0.5, 0.6) is 0 Å². The van der Waals surface area contributed by atoms with E-state index in [4.69, 9.17) is 0 Å². The van der Waals surface area contributed by atoms with Gasteiger partial charge in [0.15, 0.2) is 0 Å². The van der Waals surface area contributed by atoms with E-state index in [9.17, 15) is 14.0 Å². The molecule has 0 aliphatic rings. The van der Waals surface area contributed by atoms with Gasteiger partial charge in [-0.25, -0.2) is 9.37 Å². The average Bonchev–Trinajstić information content (AvgIpc) is 3.28. The first-order valence-electron chi connectivity index (χ1n) is 11.1. The number of benzene rings is 3. The van der Waals surface area contributed by atoms with Crippen molar-refractivity contribution in [1.29, 1.82) is 0 Å². The molecule has 35 heavy (non-hydrogen) atoms. The van der Waals surface area contributed by atoms with Gasteiger partial charge in [0.05, 0.1) is 5.69 Å². The number of carbonyl (C=O) groups excluding carboxylic acids is 2. The summed E-state index contributed by atoms with van der Waals surface area (Å²) in [5.74, 6) is -0.771. The van der Waals surface area contributed by atoms with Gasteiger partial charge >= 0.3 is 0 Å². The second-order valence-corrected chi connectivity index (χ2v) is 8.00. The van der Waals surface area contributed by atoms with Crippen molar-refractivity contribution in [1.82, 2.24) is 14.5 Å². The fourth-order valence-electron chi connectivity index (χ4n) is 3.71. The molecule has 4 aromatic rings. The van der Waals surface area contributed by atoms with Crippen molar-refractivity contribution in [2.75, 3.05) is 18.4 Å². The van der Waals surface area contributed by atoms with E-state index >= 15 is 0 Å². The Morgan fingerprint density at radius 3 is 2.40 bits per heavy atom. The van der Waals surface area contributed by atoms with E-state index in [0.29, 0.717) is 16.9 Å². The van der Waals surface area contributed by atoms with Gasteiger partial charge in [-0.3, -0.25) is 19.5 Å². The van der Waals surface area contributed by atoms with Gasteiger partial charge in [-0.05, 0) is 42.8 Å². The summed E-state index contributed by atoms with van der Waals surface area (Å²) in [5.41, 5.74) is 3.50. The zero-order valence-corrected chi connectivity index (χ0v) is 19.3. The van der Waals surface area contributed by atoms with Gasteiger partial charge in [-0.1, -0.05) is 54.6 Å². The highest BCUT2D eigenvalue weighted by Crippen LogP contribution is 2.24. The van der Waals surface area contributed by atoms with E-state index in [-0.39, 0.29) is 30.8 Å². The molecule has 4 rings (SSSR count). The molecule has 3 aromatic carbocycles. The lowest BCUT2D eigenvalue weighted by Crippen LogP contribution is -2.38. The van der Waals surface area contributed by atoms with E-state index in [1.165, 1.54) is 17.0 Å². The van der Waals surface area contributed by atoms with Gasteiger partial charge in [0, 0.05) is 29.6 Å². The molecule has 0 atom stereocenters. The van der Waals surface area contributed by atoms with Crippen molar-refractivity contribution in [3.8, 4) is 16.9 Å². The lowest BCUT2D eigenvalue weighted by Gasteiger charge is -2.21. The van der Waals surface area contributed by atoms with Crippen LogP contribution in [-0.4, -0.2) is 39.4 Å². The number of halogens is 1. The van der Waals surface area contributed by atoms with E-state index in [1.807, 2.05) is 49.4 Å². The van der Waals surface area contributed by atoms with Gasteiger partial charge in [0.1, 0.15) is 12.4 Å². The topological polar surface area (TPSA) is 67.2 Å². The average molecular weight is 469 g/mol. The molecule has 7 heteroatoms. The molecule has 0 saturated heterocycles. The Balaban J connectivity index is 1.61. The van der Waals surface area contributed by atoms with Crippen LogP contribution in [-0.2, 0) is 4.79 Å². The zero-order valence-electron chi connectivity index (χ0n) is 19.3. The smallest absolute Gasteiger partial charge is 0.254 e. The van der Waals surface area contributed by atoms with Crippen LogP contribution in [0, 0.1) is 12.7 Å². The number of hydrogen-bond acceptors (Lipinski definition) is 3. The number of imidazole rings is 1. The fraction of sp³-hybridized carbons (Fsp3) is 0.107. The number of rotatable bonds is 8. The van der Waals surface area contributed by atoms with Crippen LogP contribution in [0.4, 0.5) is 10.3 Å². The highest BCUT2D eigenvalue weighted by atomic mass is 19.1. The Morgan fingerprint density at radius 1 is 1.03 bits per heavy atom.